The number of carboxylic acid groups (broad SMARTS) is 1. The van der Waals surface area contributed by atoms with Crippen molar-refractivity contribution in [2.45, 2.75) is 20.0 Å². The lowest BCUT2D eigenvalue weighted by Gasteiger charge is -2.04. The fourth-order valence-electron chi connectivity index (χ4n) is 0.731. The standard InChI is InChI=1S/C8H10O4/c1-5(2)11-7-4-3-6(12-7)8(9)10/h3-5H,1-2H3,(H,9,10). The van der Waals surface area contributed by atoms with E-state index in [-0.39, 0.29) is 17.8 Å². The van der Waals surface area contributed by atoms with Gasteiger partial charge in [0.25, 0.3) is 5.95 Å². The van der Waals surface area contributed by atoms with Crippen LogP contribution in [0.25, 0.3) is 0 Å². The molecule has 0 aliphatic carbocycles. The van der Waals surface area contributed by atoms with E-state index in [4.69, 9.17) is 14.3 Å². The van der Waals surface area contributed by atoms with Crippen LogP contribution in [0.2, 0.25) is 0 Å². The second-order valence-electron chi connectivity index (χ2n) is 2.59. The Bertz CT molecular complexity index is 274. The molecule has 0 atom stereocenters. The molecule has 0 amide bonds. The zero-order chi connectivity index (χ0) is 9.14. The van der Waals surface area contributed by atoms with E-state index in [1.807, 2.05) is 13.8 Å². The van der Waals surface area contributed by atoms with Crippen molar-refractivity contribution in [3.8, 4) is 5.95 Å². The summed E-state index contributed by atoms with van der Waals surface area (Å²) in [6.45, 7) is 3.67. The monoisotopic (exact) mass is 170 g/mol. The van der Waals surface area contributed by atoms with E-state index in [0.29, 0.717) is 0 Å². The summed E-state index contributed by atoms with van der Waals surface area (Å²) in [5, 5.41) is 8.48. The molecular weight excluding hydrogens is 160 g/mol. The normalized spacial score (nSPS) is 10.2. The molecule has 4 heteroatoms. The minimum absolute atomic E-state index is 0.0159. The van der Waals surface area contributed by atoms with Gasteiger partial charge in [-0.2, -0.15) is 0 Å². The number of aromatic carboxylic acids is 1. The van der Waals surface area contributed by atoms with Crippen molar-refractivity contribution in [1.82, 2.24) is 0 Å². The van der Waals surface area contributed by atoms with E-state index in [2.05, 4.69) is 0 Å². The molecule has 0 radical (unpaired) electrons. The fourth-order valence-corrected chi connectivity index (χ4v) is 0.731. The largest absolute Gasteiger partial charge is 0.475 e. The molecule has 1 aromatic heterocycles. The molecule has 0 saturated heterocycles. The van der Waals surface area contributed by atoms with Crippen LogP contribution in [0.1, 0.15) is 24.4 Å². The maximum Gasteiger partial charge on any atom is 0.371 e. The molecule has 1 rings (SSSR count). The first-order valence-electron chi connectivity index (χ1n) is 3.59. The molecule has 1 heterocycles. The Morgan fingerprint density at radius 2 is 2.25 bits per heavy atom. The van der Waals surface area contributed by atoms with E-state index in [9.17, 15) is 4.79 Å². The summed E-state index contributed by atoms with van der Waals surface area (Å²) in [6.07, 6.45) is -0.0159. The SMILES string of the molecule is CC(C)Oc1ccc(C(=O)O)o1. The number of hydrogen-bond acceptors (Lipinski definition) is 3. The van der Waals surface area contributed by atoms with Gasteiger partial charge in [-0.1, -0.05) is 0 Å². The highest BCUT2D eigenvalue weighted by molar-refractivity contribution is 5.84. The van der Waals surface area contributed by atoms with Crippen LogP contribution in [0.15, 0.2) is 16.5 Å². The third kappa shape index (κ3) is 2.02. The van der Waals surface area contributed by atoms with Gasteiger partial charge in [-0.3, -0.25) is 0 Å². The number of carboxylic acids is 1. The van der Waals surface area contributed by atoms with Gasteiger partial charge in [0, 0.05) is 6.07 Å². The number of furan rings is 1. The Labute approximate surface area is 69.8 Å². The van der Waals surface area contributed by atoms with Crippen LogP contribution in [0.4, 0.5) is 0 Å². The minimum atomic E-state index is -1.09. The third-order valence-electron chi connectivity index (χ3n) is 1.14. The number of carbonyl (C=O) groups is 1. The van der Waals surface area contributed by atoms with Gasteiger partial charge in [-0.15, -0.1) is 0 Å². The third-order valence-corrected chi connectivity index (χ3v) is 1.14. The van der Waals surface area contributed by atoms with Crippen LogP contribution in [0.3, 0.4) is 0 Å². The molecular formula is C8H10O4. The molecule has 1 aromatic rings. The maximum atomic E-state index is 10.4. The molecule has 0 bridgehead atoms. The summed E-state index contributed by atoms with van der Waals surface area (Å²) in [4.78, 5) is 10.4. The molecule has 0 aliphatic rings. The van der Waals surface area contributed by atoms with Gasteiger partial charge in [0.2, 0.25) is 5.76 Å². The molecule has 12 heavy (non-hydrogen) atoms. The Kier molecular flexibility index (Phi) is 2.38. The average Bonchev–Trinajstić information content (AvgIpc) is 2.34. The summed E-state index contributed by atoms with van der Waals surface area (Å²) in [7, 11) is 0. The molecule has 0 saturated carbocycles. The van der Waals surface area contributed by atoms with E-state index in [1.54, 1.807) is 0 Å². The van der Waals surface area contributed by atoms with Crippen LogP contribution in [0, 0.1) is 0 Å². The Balaban J connectivity index is 2.71. The summed E-state index contributed by atoms with van der Waals surface area (Å²) < 4.78 is 9.95. The zero-order valence-corrected chi connectivity index (χ0v) is 6.90. The van der Waals surface area contributed by atoms with Crippen molar-refractivity contribution in [3.05, 3.63) is 17.9 Å². The van der Waals surface area contributed by atoms with Gasteiger partial charge in [-0.25, -0.2) is 4.79 Å². The average molecular weight is 170 g/mol. The number of ether oxygens (including phenoxy) is 1. The quantitative estimate of drug-likeness (QED) is 0.750. The van der Waals surface area contributed by atoms with Crippen LogP contribution < -0.4 is 4.74 Å². The van der Waals surface area contributed by atoms with Gasteiger partial charge in [0.05, 0.1) is 6.10 Å². The predicted octanol–water partition coefficient (Wildman–Crippen LogP) is 1.76. The second-order valence-corrected chi connectivity index (χ2v) is 2.59. The van der Waals surface area contributed by atoms with Crippen molar-refractivity contribution < 1.29 is 19.1 Å². The molecule has 1 N–H and O–H groups in total. The van der Waals surface area contributed by atoms with Gasteiger partial charge < -0.3 is 14.3 Å². The zero-order valence-electron chi connectivity index (χ0n) is 6.90. The van der Waals surface area contributed by atoms with Crippen molar-refractivity contribution >= 4 is 5.97 Å². The van der Waals surface area contributed by atoms with Crippen molar-refractivity contribution in [2.24, 2.45) is 0 Å². The molecule has 0 fully saturated rings. The smallest absolute Gasteiger partial charge is 0.371 e. The van der Waals surface area contributed by atoms with E-state index < -0.39 is 5.97 Å². The van der Waals surface area contributed by atoms with E-state index in [1.165, 1.54) is 12.1 Å². The highest BCUT2D eigenvalue weighted by atomic mass is 16.6. The number of rotatable bonds is 3. The topological polar surface area (TPSA) is 59.7 Å². The molecule has 4 nitrogen and oxygen atoms in total. The predicted molar refractivity (Wildman–Crippen MR) is 41.4 cm³/mol. The van der Waals surface area contributed by atoms with Crippen LogP contribution >= 0.6 is 0 Å². The molecule has 0 aromatic carbocycles. The highest BCUT2D eigenvalue weighted by Gasteiger charge is 2.09. The van der Waals surface area contributed by atoms with E-state index >= 15 is 0 Å². The van der Waals surface area contributed by atoms with Crippen molar-refractivity contribution in [2.75, 3.05) is 0 Å². The minimum Gasteiger partial charge on any atom is -0.475 e. The molecule has 66 valence electrons. The molecule has 0 spiro atoms. The van der Waals surface area contributed by atoms with Gasteiger partial charge in [-0.05, 0) is 19.9 Å². The van der Waals surface area contributed by atoms with Crippen LogP contribution in [-0.4, -0.2) is 17.2 Å². The lowest BCUT2D eigenvalue weighted by molar-refractivity contribution is 0.0649. The van der Waals surface area contributed by atoms with Gasteiger partial charge in [0.1, 0.15) is 0 Å². The van der Waals surface area contributed by atoms with Gasteiger partial charge in [0.15, 0.2) is 0 Å². The lowest BCUT2D eigenvalue weighted by atomic mass is 10.4. The summed E-state index contributed by atoms with van der Waals surface area (Å²) in [6, 6.07) is 2.85. The summed E-state index contributed by atoms with van der Waals surface area (Å²) in [5.41, 5.74) is 0. The maximum absolute atomic E-state index is 10.4. The first-order valence-corrected chi connectivity index (χ1v) is 3.59. The fraction of sp³-hybridized carbons (Fsp3) is 0.375. The summed E-state index contributed by atoms with van der Waals surface area (Å²) >= 11 is 0. The second kappa shape index (κ2) is 3.30. The molecule has 0 aliphatic heterocycles. The first-order chi connectivity index (χ1) is 5.59. The van der Waals surface area contributed by atoms with Crippen molar-refractivity contribution in [3.63, 3.8) is 0 Å². The highest BCUT2D eigenvalue weighted by Crippen LogP contribution is 2.16. The Morgan fingerprint density at radius 3 is 2.67 bits per heavy atom. The number of hydrogen-bond donors (Lipinski definition) is 1. The van der Waals surface area contributed by atoms with Gasteiger partial charge >= 0.3 is 5.97 Å². The molecule has 0 unspecified atom stereocenters. The Hall–Kier alpha value is -1.45. The Morgan fingerprint density at radius 1 is 1.58 bits per heavy atom. The van der Waals surface area contributed by atoms with Crippen LogP contribution in [-0.2, 0) is 0 Å². The summed E-state index contributed by atoms with van der Waals surface area (Å²) in [5.74, 6) is -0.957. The van der Waals surface area contributed by atoms with Crippen molar-refractivity contribution in [1.29, 1.82) is 0 Å². The van der Waals surface area contributed by atoms with Crippen LogP contribution in [0.5, 0.6) is 5.95 Å². The van der Waals surface area contributed by atoms with E-state index in [0.717, 1.165) is 0 Å². The lowest BCUT2D eigenvalue weighted by Crippen LogP contribution is -2.04. The first kappa shape index (κ1) is 8.64.